The first kappa shape index (κ1) is 18.7. The van der Waals surface area contributed by atoms with E-state index in [1.807, 2.05) is 12.1 Å². The fourth-order valence-electron chi connectivity index (χ4n) is 3.33. The monoisotopic (exact) mass is 388 g/mol. The molecule has 0 aromatic heterocycles. The van der Waals surface area contributed by atoms with E-state index in [-0.39, 0.29) is 22.6 Å². The summed E-state index contributed by atoms with van der Waals surface area (Å²) in [5, 5.41) is 20.4. The molecule has 4 aromatic rings. The fraction of sp³-hybridized carbons (Fsp3) is 0.0400. The number of rotatable bonds is 4. The second kappa shape index (κ2) is 7.40. The topological polar surface area (TPSA) is 40.5 Å². The van der Waals surface area contributed by atoms with Crippen LogP contribution in [0.3, 0.4) is 0 Å². The fourth-order valence-corrected chi connectivity index (χ4v) is 3.33. The van der Waals surface area contributed by atoms with E-state index in [1.54, 1.807) is 48.5 Å². The average Bonchev–Trinajstić information content (AvgIpc) is 2.75. The predicted octanol–water partition coefficient (Wildman–Crippen LogP) is 6.57. The van der Waals surface area contributed by atoms with Crippen molar-refractivity contribution in [3.05, 3.63) is 108 Å². The molecular weight excluding hydrogens is 370 g/mol. The number of hydrogen-bond donors (Lipinski definition) is 2. The van der Waals surface area contributed by atoms with E-state index >= 15 is 8.78 Å². The van der Waals surface area contributed by atoms with Gasteiger partial charge in [0, 0.05) is 22.3 Å². The Morgan fingerprint density at radius 2 is 0.897 bits per heavy atom. The maximum absolute atomic E-state index is 15.4. The van der Waals surface area contributed by atoms with E-state index in [0.29, 0.717) is 22.3 Å². The zero-order chi connectivity index (χ0) is 20.4. The van der Waals surface area contributed by atoms with E-state index in [1.165, 1.54) is 36.4 Å². The van der Waals surface area contributed by atoms with Crippen LogP contribution in [0.25, 0.3) is 22.3 Å². The Labute approximate surface area is 167 Å². The van der Waals surface area contributed by atoms with Gasteiger partial charge >= 0.3 is 0 Å². The second-order valence-corrected chi connectivity index (χ2v) is 6.77. The highest BCUT2D eigenvalue weighted by molar-refractivity contribution is 5.73. The molecule has 0 heterocycles. The molecule has 0 amide bonds. The number of phenols is 2. The van der Waals surface area contributed by atoms with Gasteiger partial charge in [0.1, 0.15) is 11.5 Å². The molecule has 0 saturated carbocycles. The van der Waals surface area contributed by atoms with Crippen LogP contribution in [0, 0.1) is 0 Å². The van der Waals surface area contributed by atoms with Crippen LogP contribution in [0.1, 0.15) is 11.1 Å². The van der Waals surface area contributed by atoms with Gasteiger partial charge < -0.3 is 10.2 Å². The summed E-state index contributed by atoms with van der Waals surface area (Å²) >= 11 is 0. The maximum Gasteiger partial charge on any atom is 0.298 e. The Morgan fingerprint density at radius 3 is 1.28 bits per heavy atom. The van der Waals surface area contributed by atoms with Crippen molar-refractivity contribution in [1.29, 1.82) is 0 Å². The molecule has 0 aliphatic carbocycles. The van der Waals surface area contributed by atoms with Crippen molar-refractivity contribution < 1.29 is 19.0 Å². The third kappa shape index (κ3) is 3.57. The van der Waals surface area contributed by atoms with E-state index in [2.05, 4.69) is 0 Å². The summed E-state index contributed by atoms with van der Waals surface area (Å²) < 4.78 is 30.8. The van der Waals surface area contributed by atoms with Crippen molar-refractivity contribution in [3.63, 3.8) is 0 Å². The first-order valence-electron chi connectivity index (χ1n) is 9.12. The van der Waals surface area contributed by atoms with Crippen molar-refractivity contribution in [2.45, 2.75) is 5.92 Å². The van der Waals surface area contributed by atoms with Crippen LogP contribution in [0.5, 0.6) is 11.5 Å². The van der Waals surface area contributed by atoms with Gasteiger partial charge in [-0.05, 0) is 47.5 Å². The molecule has 0 atom stereocenters. The number of phenolic OH excluding ortho intramolecular Hbond substituents is 2. The quantitative estimate of drug-likeness (QED) is 0.415. The van der Waals surface area contributed by atoms with Gasteiger partial charge in [0.05, 0.1) is 0 Å². The van der Waals surface area contributed by atoms with E-state index in [4.69, 9.17) is 0 Å². The molecule has 0 aliphatic rings. The largest absolute Gasteiger partial charge is 0.507 e. The summed E-state index contributed by atoms with van der Waals surface area (Å²) in [6, 6.07) is 25.4. The molecule has 0 unspecified atom stereocenters. The first-order valence-corrected chi connectivity index (χ1v) is 9.12. The van der Waals surface area contributed by atoms with Crippen LogP contribution >= 0.6 is 0 Å². The van der Waals surface area contributed by atoms with Gasteiger partial charge in [0.25, 0.3) is 5.92 Å². The van der Waals surface area contributed by atoms with Gasteiger partial charge in [0.15, 0.2) is 0 Å². The minimum atomic E-state index is -3.31. The molecule has 0 fully saturated rings. The molecule has 0 bridgehead atoms. The van der Waals surface area contributed by atoms with Crippen LogP contribution in [0.2, 0.25) is 0 Å². The third-order valence-electron chi connectivity index (χ3n) is 4.89. The highest BCUT2D eigenvalue weighted by Crippen LogP contribution is 2.42. The summed E-state index contributed by atoms with van der Waals surface area (Å²) in [6.07, 6.45) is 0. The number of alkyl halides is 2. The molecular formula is C25H18F2O2. The van der Waals surface area contributed by atoms with E-state index < -0.39 is 5.92 Å². The summed E-state index contributed by atoms with van der Waals surface area (Å²) in [5.74, 6) is -3.44. The predicted molar refractivity (Wildman–Crippen MR) is 110 cm³/mol. The Hall–Kier alpha value is -3.66. The first-order chi connectivity index (χ1) is 14.0. The molecule has 4 heteroatoms. The summed E-state index contributed by atoms with van der Waals surface area (Å²) in [6.45, 7) is 0. The average molecular weight is 388 g/mol. The maximum atomic E-state index is 15.4. The minimum Gasteiger partial charge on any atom is -0.507 e. The van der Waals surface area contributed by atoms with Crippen molar-refractivity contribution in [1.82, 2.24) is 0 Å². The summed E-state index contributed by atoms with van der Waals surface area (Å²) in [7, 11) is 0. The lowest BCUT2D eigenvalue weighted by Crippen LogP contribution is -2.15. The molecule has 0 saturated heterocycles. The van der Waals surface area contributed by atoms with Gasteiger partial charge in [-0.1, -0.05) is 60.7 Å². The van der Waals surface area contributed by atoms with Gasteiger partial charge in [0.2, 0.25) is 0 Å². The number of hydrogen-bond acceptors (Lipinski definition) is 2. The lowest BCUT2D eigenvalue weighted by molar-refractivity contribution is 0.0429. The Kier molecular flexibility index (Phi) is 4.77. The molecule has 2 nitrogen and oxygen atoms in total. The lowest BCUT2D eigenvalue weighted by Gasteiger charge is -2.20. The zero-order valence-electron chi connectivity index (χ0n) is 15.4. The molecule has 0 spiro atoms. The standard InChI is InChI=1S/C25H18F2O2/c26-25(27,19-11-13-23(28)21(15-19)17-7-3-1-4-8-17)20-12-14-24(29)22(16-20)18-9-5-2-6-10-18/h1-16,28-29H. The Balaban J connectivity index is 1.80. The smallest absolute Gasteiger partial charge is 0.298 e. The van der Waals surface area contributed by atoms with Gasteiger partial charge in [-0.25, -0.2) is 0 Å². The zero-order valence-corrected chi connectivity index (χ0v) is 15.4. The van der Waals surface area contributed by atoms with Crippen LogP contribution in [0.15, 0.2) is 97.1 Å². The highest BCUT2D eigenvalue weighted by Gasteiger charge is 2.35. The number of aromatic hydroxyl groups is 2. The van der Waals surface area contributed by atoms with E-state index in [0.717, 1.165) is 0 Å². The number of benzene rings is 4. The van der Waals surface area contributed by atoms with Crippen LogP contribution in [-0.2, 0) is 5.92 Å². The van der Waals surface area contributed by atoms with Crippen molar-refractivity contribution >= 4 is 0 Å². The highest BCUT2D eigenvalue weighted by atomic mass is 19.3. The normalized spacial score (nSPS) is 11.4. The third-order valence-corrected chi connectivity index (χ3v) is 4.89. The van der Waals surface area contributed by atoms with E-state index in [9.17, 15) is 10.2 Å². The van der Waals surface area contributed by atoms with Gasteiger partial charge in [-0.2, -0.15) is 8.78 Å². The van der Waals surface area contributed by atoms with Crippen LogP contribution < -0.4 is 0 Å². The molecule has 0 aliphatic heterocycles. The van der Waals surface area contributed by atoms with Gasteiger partial charge in [-0.3, -0.25) is 0 Å². The summed E-state index contributed by atoms with van der Waals surface area (Å²) in [5.41, 5.74) is 1.50. The van der Waals surface area contributed by atoms with Crippen molar-refractivity contribution in [2.24, 2.45) is 0 Å². The van der Waals surface area contributed by atoms with Crippen LogP contribution in [0.4, 0.5) is 8.78 Å². The van der Waals surface area contributed by atoms with Crippen molar-refractivity contribution in [2.75, 3.05) is 0 Å². The molecule has 4 rings (SSSR count). The molecule has 29 heavy (non-hydrogen) atoms. The number of halogens is 2. The second-order valence-electron chi connectivity index (χ2n) is 6.77. The minimum absolute atomic E-state index is 0.0635. The van der Waals surface area contributed by atoms with Crippen molar-refractivity contribution in [3.8, 4) is 33.8 Å². The Morgan fingerprint density at radius 1 is 0.517 bits per heavy atom. The van der Waals surface area contributed by atoms with Crippen LogP contribution in [-0.4, -0.2) is 10.2 Å². The molecule has 0 radical (unpaired) electrons. The summed E-state index contributed by atoms with van der Waals surface area (Å²) in [4.78, 5) is 0. The molecule has 144 valence electrons. The molecule has 2 N–H and O–H groups in total. The Bertz CT molecular complexity index is 1050. The SMILES string of the molecule is Oc1ccc(C(F)(F)c2ccc(O)c(-c3ccccc3)c2)cc1-c1ccccc1. The lowest BCUT2D eigenvalue weighted by atomic mass is 9.93. The molecule has 4 aromatic carbocycles. The van der Waals surface area contributed by atoms with Gasteiger partial charge in [-0.15, -0.1) is 0 Å².